The molecule has 10 heavy (non-hydrogen) atoms. The molecule has 0 aromatic heterocycles. The van der Waals surface area contributed by atoms with Crippen molar-refractivity contribution in [3.8, 4) is 6.07 Å². The van der Waals surface area contributed by atoms with Crippen LogP contribution in [0.15, 0.2) is 12.7 Å². The lowest BCUT2D eigenvalue weighted by Crippen LogP contribution is -2.20. The topological polar surface area (TPSA) is 27.0 Å². The molecule has 0 amide bonds. The Kier molecular flexibility index (Phi) is 2.47. The highest BCUT2D eigenvalue weighted by molar-refractivity contribution is 4.90. The maximum Gasteiger partial charge on any atom is 0.0866 e. The molecular weight excluding hydrogens is 124 g/mol. The highest BCUT2D eigenvalue weighted by Crippen LogP contribution is 2.15. The van der Waals surface area contributed by atoms with Gasteiger partial charge >= 0.3 is 0 Å². The average molecular weight is 136 g/mol. The van der Waals surface area contributed by atoms with E-state index >= 15 is 0 Å². The van der Waals surface area contributed by atoms with Crippen molar-refractivity contribution >= 4 is 0 Å². The van der Waals surface area contributed by atoms with Gasteiger partial charge in [-0.05, 0) is 18.9 Å². The first-order chi connectivity index (χ1) is 4.86. The van der Waals surface area contributed by atoms with Gasteiger partial charge in [-0.15, -0.1) is 6.58 Å². The number of nitriles is 1. The largest absolute Gasteiger partial charge is 0.290 e. The second-order valence-corrected chi connectivity index (χ2v) is 2.68. The van der Waals surface area contributed by atoms with E-state index in [0.29, 0.717) is 12.5 Å². The first-order valence-electron chi connectivity index (χ1n) is 3.58. The van der Waals surface area contributed by atoms with Gasteiger partial charge in [-0.25, -0.2) is 0 Å². The smallest absolute Gasteiger partial charge is 0.0866 e. The van der Waals surface area contributed by atoms with Crippen molar-refractivity contribution in [2.45, 2.75) is 6.42 Å². The van der Waals surface area contributed by atoms with Crippen LogP contribution in [-0.2, 0) is 0 Å². The summed E-state index contributed by atoms with van der Waals surface area (Å²) < 4.78 is 0. The van der Waals surface area contributed by atoms with Crippen LogP contribution in [-0.4, -0.2) is 24.5 Å². The maximum absolute atomic E-state index is 8.37. The van der Waals surface area contributed by atoms with E-state index in [4.69, 9.17) is 5.26 Å². The van der Waals surface area contributed by atoms with E-state index in [1.54, 1.807) is 0 Å². The summed E-state index contributed by atoms with van der Waals surface area (Å²) in [6.45, 7) is 6.39. The summed E-state index contributed by atoms with van der Waals surface area (Å²) in [6.07, 6.45) is 3.16. The van der Waals surface area contributed by atoms with Crippen LogP contribution in [0.3, 0.4) is 0 Å². The van der Waals surface area contributed by atoms with Gasteiger partial charge in [0.05, 0.1) is 12.6 Å². The predicted molar refractivity (Wildman–Crippen MR) is 40.4 cm³/mol. The number of rotatable bonds is 2. The third-order valence-corrected chi connectivity index (χ3v) is 1.94. The van der Waals surface area contributed by atoms with Gasteiger partial charge in [0, 0.05) is 6.54 Å². The van der Waals surface area contributed by atoms with E-state index in [1.165, 1.54) is 6.42 Å². The minimum Gasteiger partial charge on any atom is -0.290 e. The molecule has 2 heteroatoms. The molecule has 1 atom stereocenters. The van der Waals surface area contributed by atoms with E-state index in [2.05, 4.69) is 17.5 Å². The van der Waals surface area contributed by atoms with Crippen LogP contribution in [0.2, 0.25) is 0 Å². The summed E-state index contributed by atoms with van der Waals surface area (Å²) in [4.78, 5) is 2.16. The number of hydrogen-bond acceptors (Lipinski definition) is 2. The van der Waals surface area contributed by atoms with Crippen molar-refractivity contribution < 1.29 is 0 Å². The minimum atomic E-state index is 0.574. The van der Waals surface area contributed by atoms with Gasteiger partial charge in [0.2, 0.25) is 0 Å². The molecule has 0 N–H and O–H groups in total. The van der Waals surface area contributed by atoms with Crippen molar-refractivity contribution in [2.24, 2.45) is 5.92 Å². The van der Waals surface area contributed by atoms with E-state index < -0.39 is 0 Å². The molecule has 1 fully saturated rings. The highest BCUT2D eigenvalue weighted by Gasteiger charge is 2.18. The molecule has 1 heterocycles. The first kappa shape index (κ1) is 7.30. The standard InChI is InChI=1S/C8H12N2/c1-2-8-3-5-10(7-8)6-4-9/h2,8H,1,3,5-7H2/t8-/m1/s1. The summed E-state index contributed by atoms with van der Waals surface area (Å²) in [7, 11) is 0. The van der Waals surface area contributed by atoms with Crippen molar-refractivity contribution in [1.82, 2.24) is 4.90 Å². The zero-order valence-electron chi connectivity index (χ0n) is 6.08. The van der Waals surface area contributed by atoms with Crippen LogP contribution < -0.4 is 0 Å². The Morgan fingerprint density at radius 3 is 3.10 bits per heavy atom. The fourth-order valence-corrected chi connectivity index (χ4v) is 1.30. The van der Waals surface area contributed by atoms with Crippen LogP contribution in [0.5, 0.6) is 0 Å². The van der Waals surface area contributed by atoms with Gasteiger partial charge in [-0.3, -0.25) is 4.90 Å². The van der Waals surface area contributed by atoms with E-state index in [9.17, 15) is 0 Å². The lowest BCUT2D eigenvalue weighted by atomic mass is 10.1. The van der Waals surface area contributed by atoms with Gasteiger partial charge in [-0.1, -0.05) is 6.08 Å². The third-order valence-electron chi connectivity index (χ3n) is 1.94. The Bertz CT molecular complexity index is 157. The fraction of sp³-hybridized carbons (Fsp3) is 0.625. The molecule has 0 radical (unpaired) electrons. The van der Waals surface area contributed by atoms with Crippen molar-refractivity contribution in [2.75, 3.05) is 19.6 Å². The number of nitrogens with zero attached hydrogens (tertiary/aromatic N) is 2. The minimum absolute atomic E-state index is 0.574. The summed E-state index contributed by atoms with van der Waals surface area (Å²) in [6, 6.07) is 2.15. The third kappa shape index (κ3) is 1.58. The number of hydrogen-bond donors (Lipinski definition) is 0. The molecule has 0 bridgehead atoms. The van der Waals surface area contributed by atoms with Crippen LogP contribution in [0.1, 0.15) is 6.42 Å². The summed E-state index contributed by atoms with van der Waals surface area (Å²) in [5.41, 5.74) is 0. The Hall–Kier alpha value is -0.810. The van der Waals surface area contributed by atoms with Crippen LogP contribution in [0.25, 0.3) is 0 Å². The molecule has 1 rings (SSSR count). The Morgan fingerprint density at radius 2 is 2.60 bits per heavy atom. The predicted octanol–water partition coefficient (Wildman–Crippen LogP) is 1.02. The summed E-state index contributed by atoms with van der Waals surface area (Å²) >= 11 is 0. The molecule has 1 saturated heterocycles. The van der Waals surface area contributed by atoms with E-state index in [1.807, 2.05) is 6.08 Å². The first-order valence-corrected chi connectivity index (χ1v) is 3.58. The number of likely N-dealkylation sites (tertiary alicyclic amines) is 1. The zero-order valence-corrected chi connectivity index (χ0v) is 6.08. The Labute approximate surface area is 61.8 Å². The van der Waals surface area contributed by atoms with Gasteiger partial charge < -0.3 is 0 Å². The zero-order chi connectivity index (χ0) is 7.40. The fourth-order valence-electron chi connectivity index (χ4n) is 1.30. The SMILES string of the molecule is C=C[C@@H]1CCN(CC#N)C1. The normalized spacial score (nSPS) is 26.1. The Morgan fingerprint density at radius 1 is 1.80 bits per heavy atom. The van der Waals surface area contributed by atoms with Crippen LogP contribution >= 0.6 is 0 Å². The van der Waals surface area contributed by atoms with Gasteiger partial charge in [0.15, 0.2) is 0 Å². The summed E-state index contributed by atoms with van der Waals surface area (Å²) in [5, 5.41) is 8.37. The molecule has 0 aliphatic carbocycles. The van der Waals surface area contributed by atoms with Crippen molar-refractivity contribution in [3.63, 3.8) is 0 Å². The molecule has 0 aromatic carbocycles. The molecule has 54 valence electrons. The maximum atomic E-state index is 8.37. The van der Waals surface area contributed by atoms with Crippen molar-refractivity contribution in [3.05, 3.63) is 12.7 Å². The second kappa shape index (κ2) is 3.38. The monoisotopic (exact) mass is 136 g/mol. The molecule has 0 saturated carbocycles. The van der Waals surface area contributed by atoms with Crippen LogP contribution in [0.4, 0.5) is 0 Å². The van der Waals surface area contributed by atoms with Crippen LogP contribution in [0, 0.1) is 17.2 Å². The van der Waals surface area contributed by atoms with Gasteiger partial charge in [0.1, 0.15) is 0 Å². The van der Waals surface area contributed by atoms with Crippen molar-refractivity contribution in [1.29, 1.82) is 5.26 Å². The lowest BCUT2D eigenvalue weighted by molar-refractivity contribution is 0.373. The molecule has 1 aliphatic heterocycles. The van der Waals surface area contributed by atoms with E-state index in [-0.39, 0.29) is 0 Å². The Balaban J connectivity index is 2.29. The second-order valence-electron chi connectivity index (χ2n) is 2.68. The highest BCUT2D eigenvalue weighted by atomic mass is 15.1. The molecular formula is C8H12N2. The molecule has 2 nitrogen and oxygen atoms in total. The van der Waals surface area contributed by atoms with Gasteiger partial charge in [-0.2, -0.15) is 5.26 Å². The lowest BCUT2D eigenvalue weighted by Gasteiger charge is -2.08. The molecule has 0 unspecified atom stereocenters. The molecule has 1 aliphatic rings. The quantitative estimate of drug-likeness (QED) is 0.418. The molecule has 0 aromatic rings. The summed E-state index contributed by atoms with van der Waals surface area (Å²) in [5.74, 6) is 0.619. The average Bonchev–Trinajstić information content (AvgIpc) is 2.37. The van der Waals surface area contributed by atoms with E-state index in [0.717, 1.165) is 13.1 Å². The molecule has 0 spiro atoms. The van der Waals surface area contributed by atoms with Gasteiger partial charge in [0.25, 0.3) is 0 Å².